The molecule has 0 saturated heterocycles. The molecule has 0 N–H and O–H groups in total. The standard InChI is InChI=1S/C49H34N4.C46H35N3.C43H29N3O/c1-49(2)40-25-12-9-24-39(40)43-44(50-48(51-47(43)49)31-16-5-3-6-17-31)32-18-15-21-34(30-32)53-42-27-14-11-23-36(42)38-29-28-37-35-22-10-13-26-41(35)52(45(37)46(38)53)33-19-7-4-8-20-33;1-45(2)36-22-11-8-19-31(36)33-25-26-34-32-20-10-13-24-38(32)49(42(34)40(33)45)30-18-14-17-29(27-30)41-39-35-21-9-12-23-37(35)46(3,4)43(39)48-44(47-41)28-15-6-5-7-16-28;1-43(2)33-20-10-6-18-31(33)37-38(44-42(45-41(37)43)26-14-4-3-5-15-26)32-19-8-12-22-35(32)46-34-21-11-7-16-27(34)29-24-25-30-28-17-9-13-23-36(28)47-40(30)39(29)46/h3-30H,1-2H3;5-27H,1-4H3;3-25H,1-2H3. The van der Waals surface area contributed by atoms with Gasteiger partial charge >= 0.3 is 0 Å². The number of para-hydroxylation sites is 7. The van der Waals surface area contributed by atoms with Gasteiger partial charge in [0, 0.05) is 143 Å². The average molecular weight is 1910 g/mol. The lowest BCUT2D eigenvalue weighted by molar-refractivity contribution is 0.636. The number of hydrogen-bond donors (Lipinski definition) is 0. The van der Waals surface area contributed by atoms with Crippen molar-refractivity contribution in [2.24, 2.45) is 0 Å². The smallest absolute Gasteiger partial charge is 0.160 e. The van der Waals surface area contributed by atoms with E-state index in [1.807, 2.05) is 24.3 Å². The van der Waals surface area contributed by atoms with Gasteiger partial charge in [-0.15, -0.1) is 0 Å². The van der Waals surface area contributed by atoms with E-state index in [4.69, 9.17) is 34.3 Å². The lowest BCUT2D eigenvalue weighted by Crippen LogP contribution is -2.17. The Bertz CT molecular complexity index is 10300. The van der Waals surface area contributed by atoms with Crippen molar-refractivity contribution in [1.29, 1.82) is 0 Å². The summed E-state index contributed by atoms with van der Waals surface area (Å²) in [5, 5.41) is 12.0. The molecule has 149 heavy (non-hydrogen) atoms. The minimum atomic E-state index is -0.282. The van der Waals surface area contributed by atoms with Crippen molar-refractivity contribution in [3.05, 3.63) is 494 Å². The van der Waals surface area contributed by atoms with Gasteiger partial charge in [-0.2, -0.15) is 0 Å². The van der Waals surface area contributed by atoms with Crippen LogP contribution in [0.1, 0.15) is 100 Å². The minimum Gasteiger partial charge on any atom is -0.454 e. The van der Waals surface area contributed by atoms with Crippen molar-refractivity contribution >= 4 is 109 Å². The first kappa shape index (κ1) is 87.0. The van der Waals surface area contributed by atoms with Crippen LogP contribution in [0.3, 0.4) is 0 Å². The van der Waals surface area contributed by atoms with Gasteiger partial charge in [0.1, 0.15) is 5.58 Å². The number of nitrogens with zero attached hydrogens (tertiary/aromatic N) is 10. The number of furan rings is 1. The van der Waals surface area contributed by atoms with Crippen LogP contribution in [-0.4, -0.2) is 48.2 Å². The van der Waals surface area contributed by atoms with E-state index in [2.05, 4.69) is 498 Å². The number of aromatic nitrogens is 10. The maximum Gasteiger partial charge on any atom is 0.160 e. The second-order valence-electron chi connectivity index (χ2n) is 42.2. The Hall–Kier alpha value is -18.6. The largest absolute Gasteiger partial charge is 0.454 e. The van der Waals surface area contributed by atoms with E-state index in [1.165, 1.54) is 126 Å². The van der Waals surface area contributed by atoms with E-state index in [1.54, 1.807) is 0 Å². The van der Waals surface area contributed by atoms with Crippen LogP contribution in [-0.2, 0) is 21.7 Å². The van der Waals surface area contributed by atoms with E-state index in [0.717, 1.165) is 163 Å². The lowest BCUT2D eigenvalue weighted by atomic mass is 9.81. The Morgan fingerprint density at radius 3 is 0.980 bits per heavy atom. The Kier molecular flexibility index (Phi) is 19.3. The molecule has 31 rings (SSSR count). The quantitative estimate of drug-likeness (QED) is 0.134. The van der Waals surface area contributed by atoms with E-state index in [0.29, 0.717) is 0 Å². The Labute approximate surface area is 861 Å². The molecule has 8 aromatic heterocycles. The molecule has 0 saturated carbocycles. The Morgan fingerprint density at radius 2 is 0.517 bits per heavy atom. The zero-order valence-corrected chi connectivity index (χ0v) is 83.6. The molecule has 4 aliphatic carbocycles. The van der Waals surface area contributed by atoms with Crippen molar-refractivity contribution in [1.82, 2.24) is 48.2 Å². The van der Waals surface area contributed by atoms with Crippen LogP contribution in [0.5, 0.6) is 0 Å². The molecule has 0 fully saturated rings. The van der Waals surface area contributed by atoms with E-state index in [-0.39, 0.29) is 21.7 Å². The summed E-state index contributed by atoms with van der Waals surface area (Å²) >= 11 is 0. The Balaban J connectivity index is 0.000000105. The summed E-state index contributed by atoms with van der Waals surface area (Å²) in [5.74, 6) is 2.24. The molecule has 0 atom stereocenters. The molecule has 4 aliphatic rings. The van der Waals surface area contributed by atoms with Crippen molar-refractivity contribution in [2.45, 2.75) is 77.0 Å². The normalized spacial score (nSPS) is 13.9. The molecule has 19 aromatic carbocycles. The van der Waals surface area contributed by atoms with Gasteiger partial charge < -0.3 is 22.7 Å². The summed E-state index contributed by atoms with van der Waals surface area (Å²) in [5.41, 5.74) is 43.2. The number of benzene rings is 19. The molecule has 27 aromatic rings. The monoisotopic (exact) mass is 1910 g/mol. The molecular weight excluding hydrogens is 1810 g/mol. The van der Waals surface area contributed by atoms with Crippen molar-refractivity contribution < 1.29 is 4.42 Å². The van der Waals surface area contributed by atoms with Gasteiger partial charge in [0.15, 0.2) is 23.1 Å². The molecule has 0 amide bonds. The fourth-order valence-electron chi connectivity index (χ4n) is 25.5. The highest BCUT2D eigenvalue weighted by molar-refractivity contribution is 6.25. The second-order valence-corrected chi connectivity index (χ2v) is 42.2. The first-order chi connectivity index (χ1) is 73.0. The highest BCUT2D eigenvalue weighted by Crippen LogP contribution is 2.59. The first-order valence-electron chi connectivity index (χ1n) is 51.6. The van der Waals surface area contributed by atoms with E-state index >= 15 is 0 Å². The topological polar surface area (TPSA) is 110 Å². The van der Waals surface area contributed by atoms with Gasteiger partial charge in [-0.1, -0.05) is 425 Å². The minimum absolute atomic E-state index is 0.150. The van der Waals surface area contributed by atoms with Crippen molar-refractivity contribution in [3.8, 4) is 135 Å². The molecule has 706 valence electrons. The summed E-state index contributed by atoms with van der Waals surface area (Å²) < 4.78 is 16.5. The lowest BCUT2D eigenvalue weighted by Gasteiger charge is -2.24. The predicted molar refractivity (Wildman–Crippen MR) is 614 cm³/mol. The highest BCUT2D eigenvalue weighted by Gasteiger charge is 2.45. The van der Waals surface area contributed by atoms with Crippen LogP contribution < -0.4 is 0 Å². The summed E-state index contributed by atoms with van der Waals surface area (Å²) in [4.78, 5) is 32.1. The SMILES string of the molecule is CC1(C)c2ccccc2-c2c(-c3cccc(-n4c5ccccc5c5ccc6c(c54)C(C)(C)c4ccccc4-6)c3)nc(-c3ccccc3)nc21.CC1(C)c2ccccc2-c2c(-c3cccc(-n4c5ccccc5c5ccc6c7ccccc7n(-c7ccccc7)c6c54)c3)nc(-c3ccccc3)nc21.CC1(C)c2ccccc2-c2c(-c3ccccc3-n3c4ccccc4c4ccc5c6ccccc6oc5c43)nc(-c3ccccc3)nc21. The van der Waals surface area contributed by atoms with E-state index < -0.39 is 0 Å². The molecule has 8 heterocycles. The third kappa shape index (κ3) is 13.0. The van der Waals surface area contributed by atoms with Crippen LogP contribution in [0.2, 0.25) is 0 Å². The van der Waals surface area contributed by atoms with Crippen molar-refractivity contribution in [2.75, 3.05) is 0 Å². The molecule has 11 nitrogen and oxygen atoms in total. The summed E-state index contributed by atoms with van der Waals surface area (Å²) in [7, 11) is 0. The number of fused-ring (bicyclic) bond motifs is 30. The molecule has 11 heteroatoms. The van der Waals surface area contributed by atoms with Gasteiger partial charge in [0.05, 0.1) is 84.0 Å². The number of hydrogen-bond acceptors (Lipinski definition) is 7. The molecule has 0 radical (unpaired) electrons. The third-order valence-electron chi connectivity index (χ3n) is 32.4. The molecular formula is C138H98N10O. The van der Waals surface area contributed by atoms with Gasteiger partial charge in [-0.3, -0.25) is 0 Å². The third-order valence-corrected chi connectivity index (χ3v) is 32.4. The molecule has 0 spiro atoms. The molecule has 0 aliphatic heterocycles. The average Bonchev–Trinajstić information content (AvgIpc) is 1.53. The van der Waals surface area contributed by atoms with Gasteiger partial charge in [0.25, 0.3) is 0 Å². The van der Waals surface area contributed by atoms with Crippen LogP contribution in [0.25, 0.3) is 244 Å². The van der Waals surface area contributed by atoms with Gasteiger partial charge in [0.2, 0.25) is 0 Å². The molecule has 0 bridgehead atoms. The molecule has 0 unspecified atom stereocenters. The Morgan fingerprint density at radius 1 is 0.201 bits per heavy atom. The summed E-state index contributed by atoms with van der Waals surface area (Å²) in [6, 6.07) is 161. The highest BCUT2D eigenvalue weighted by atomic mass is 16.3. The fourth-order valence-corrected chi connectivity index (χ4v) is 25.5. The fraction of sp³-hybridized carbons (Fsp3) is 0.0870. The number of rotatable bonds is 10. The summed E-state index contributed by atoms with van der Waals surface area (Å²) in [6.07, 6.45) is 0. The second kappa shape index (κ2) is 33.0. The van der Waals surface area contributed by atoms with E-state index in [9.17, 15) is 0 Å². The zero-order valence-electron chi connectivity index (χ0n) is 83.6. The van der Waals surface area contributed by atoms with Gasteiger partial charge in [-0.25, -0.2) is 29.9 Å². The van der Waals surface area contributed by atoms with Crippen LogP contribution in [0.4, 0.5) is 0 Å². The maximum atomic E-state index is 6.68. The van der Waals surface area contributed by atoms with Crippen LogP contribution in [0, 0.1) is 0 Å². The first-order valence-corrected chi connectivity index (χ1v) is 51.6. The zero-order chi connectivity index (χ0) is 99.6. The van der Waals surface area contributed by atoms with Crippen LogP contribution >= 0.6 is 0 Å². The van der Waals surface area contributed by atoms with Crippen molar-refractivity contribution in [3.63, 3.8) is 0 Å². The maximum absolute atomic E-state index is 6.68. The summed E-state index contributed by atoms with van der Waals surface area (Å²) in [6.45, 7) is 18.5. The van der Waals surface area contributed by atoms with Crippen LogP contribution in [0.15, 0.2) is 453 Å². The predicted octanol–water partition coefficient (Wildman–Crippen LogP) is 34.9. The van der Waals surface area contributed by atoms with Gasteiger partial charge in [-0.05, 0) is 134 Å².